The summed E-state index contributed by atoms with van der Waals surface area (Å²) in [4.78, 5) is 10.5. The average Bonchev–Trinajstić information content (AvgIpc) is 2.85. The summed E-state index contributed by atoms with van der Waals surface area (Å²) in [6, 6.07) is 0.384. The Morgan fingerprint density at radius 3 is 3.17 bits per heavy atom. The second-order valence-electron chi connectivity index (χ2n) is 4.36. The van der Waals surface area contributed by atoms with Crippen LogP contribution in [-0.2, 0) is 0 Å². The second-order valence-corrected chi connectivity index (χ2v) is 4.77. The average molecular weight is 272 g/mol. The number of halogens is 1. The lowest BCUT2D eigenvalue weighted by Crippen LogP contribution is -2.30. The Kier molecular flexibility index (Phi) is 4.57. The Hall–Kier alpha value is -1.11. The van der Waals surface area contributed by atoms with Crippen LogP contribution in [0.5, 0.6) is 0 Å². The van der Waals surface area contributed by atoms with Crippen LogP contribution in [0.15, 0.2) is 6.20 Å². The maximum Gasteiger partial charge on any atom is 0.239 e. The van der Waals surface area contributed by atoms with E-state index in [0.29, 0.717) is 17.0 Å². The van der Waals surface area contributed by atoms with Crippen LogP contribution in [0.2, 0.25) is 5.02 Å². The zero-order chi connectivity index (χ0) is 13.0. The topological polar surface area (TPSA) is 87.3 Å². The van der Waals surface area contributed by atoms with E-state index in [1.165, 1.54) is 0 Å². The highest BCUT2D eigenvalue weighted by molar-refractivity contribution is 6.32. The Labute approximate surface area is 111 Å². The molecular weight excluding hydrogens is 254 g/mol. The fourth-order valence-electron chi connectivity index (χ4n) is 2.37. The zero-order valence-corrected chi connectivity index (χ0v) is 10.9. The first-order valence-corrected chi connectivity index (χ1v) is 6.50. The van der Waals surface area contributed by atoms with Gasteiger partial charge in [0.15, 0.2) is 5.82 Å². The highest BCUT2D eigenvalue weighted by Gasteiger charge is 2.27. The highest BCUT2D eigenvalue weighted by Crippen LogP contribution is 2.31. The van der Waals surface area contributed by atoms with Crippen molar-refractivity contribution in [2.75, 3.05) is 23.5 Å². The lowest BCUT2D eigenvalue weighted by atomic mass is 10.1. The van der Waals surface area contributed by atoms with Crippen LogP contribution < -0.4 is 16.2 Å². The van der Waals surface area contributed by atoms with E-state index in [9.17, 15) is 0 Å². The van der Waals surface area contributed by atoms with Gasteiger partial charge in [-0.2, -0.15) is 4.98 Å². The van der Waals surface area contributed by atoms with Crippen molar-refractivity contribution in [2.24, 2.45) is 5.84 Å². The van der Waals surface area contributed by atoms with Crippen LogP contribution >= 0.6 is 11.6 Å². The standard InChI is InChI=1S/C11H18ClN5O/c12-9-7-14-11(16-13)15-10(9)17-5-1-3-8(17)4-2-6-18/h7-8,18H,1-6,13H2,(H,14,15,16). The van der Waals surface area contributed by atoms with Crippen molar-refractivity contribution in [3.8, 4) is 0 Å². The van der Waals surface area contributed by atoms with Gasteiger partial charge in [-0.1, -0.05) is 11.6 Å². The monoisotopic (exact) mass is 271 g/mol. The summed E-state index contributed by atoms with van der Waals surface area (Å²) in [5.41, 5.74) is 2.43. The van der Waals surface area contributed by atoms with E-state index in [-0.39, 0.29) is 6.61 Å². The molecule has 6 nitrogen and oxygen atoms in total. The summed E-state index contributed by atoms with van der Waals surface area (Å²) in [6.45, 7) is 1.15. The van der Waals surface area contributed by atoms with Crippen molar-refractivity contribution in [1.82, 2.24) is 9.97 Å². The maximum atomic E-state index is 8.92. The molecule has 0 bridgehead atoms. The fourth-order valence-corrected chi connectivity index (χ4v) is 2.57. The Balaban J connectivity index is 2.18. The molecule has 1 saturated heterocycles. The van der Waals surface area contributed by atoms with Crippen molar-refractivity contribution in [3.05, 3.63) is 11.2 Å². The molecule has 0 spiro atoms. The third-order valence-electron chi connectivity index (χ3n) is 3.20. The molecule has 2 heterocycles. The molecule has 7 heteroatoms. The van der Waals surface area contributed by atoms with Crippen LogP contribution in [0.1, 0.15) is 25.7 Å². The molecule has 1 aromatic heterocycles. The maximum absolute atomic E-state index is 8.92. The molecule has 1 aliphatic rings. The minimum absolute atomic E-state index is 0.220. The van der Waals surface area contributed by atoms with Gasteiger partial charge in [-0.25, -0.2) is 10.8 Å². The second kappa shape index (κ2) is 6.17. The number of aliphatic hydroxyl groups excluding tert-OH is 1. The van der Waals surface area contributed by atoms with Gasteiger partial charge in [0.2, 0.25) is 5.95 Å². The van der Waals surface area contributed by atoms with Gasteiger partial charge in [-0.3, -0.25) is 5.43 Å². The van der Waals surface area contributed by atoms with Crippen LogP contribution in [-0.4, -0.2) is 34.3 Å². The lowest BCUT2D eigenvalue weighted by Gasteiger charge is -2.26. The zero-order valence-electron chi connectivity index (χ0n) is 10.1. The smallest absolute Gasteiger partial charge is 0.239 e. The first-order chi connectivity index (χ1) is 8.76. The van der Waals surface area contributed by atoms with Crippen LogP contribution in [0, 0.1) is 0 Å². The minimum atomic E-state index is 0.220. The number of aliphatic hydroxyl groups is 1. The highest BCUT2D eigenvalue weighted by atomic mass is 35.5. The number of hydrogen-bond donors (Lipinski definition) is 3. The Bertz CT molecular complexity index is 403. The molecule has 0 aromatic carbocycles. The molecule has 2 rings (SSSR count). The van der Waals surface area contributed by atoms with Crippen LogP contribution in [0.25, 0.3) is 0 Å². The number of hydrazine groups is 1. The van der Waals surface area contributed by atoms with E-state index in [1.807, 2.05) is 0 Å². The molecule has 0 radical (unpaired) electrons. The van der Waals surface area contributed by atoms with Gasteiger partial charge in [0.1, 0.15) is 5.02 Å². The normalized spacial score (nSPS) is 19.3. The summed E-state index contributed by atoms with van der Waals surface area (Å²) in [5, 5.41) is 9.46. The van der Waals surface area contributed by atoms with Crippen molar-refractivity contribution in [2.45, 2.75) is 31.7 Å². The van der Waals surface area contributed by atoms with Gasteiger partial charge in [-0.05, 0) is 25.7 Å². The first-order valence-electron chi connectivity index (χ1n) is 6.13. The van der Waals surface area contributed by atoms with Crippen molar-refractivity contribution >= 4 is 23.4 Å². The number of aromatic nitrogens is 2. The molecule has 100 valence electrons. The number of nitrogen functional groups attached to an aromatic ring is 1. The van der Waals surface area contributed by atoms with Gasteiger partial charge in [-0.15, -0.1) is 0 Å². The summed E-state index contributed by atoms with van der Waals surface area (Å²) in [7, 11) is 0. The number of nitrogens with zero attached hydrogens (tertiary/aromatic N) is 3. The summed E-state index contributed by atoms with van der Waals surface area (Å²) in [6.07, 6.45) is 5.52. The number of nitrogens with two attached hydrogens (primary N) is 1. The quantitative estimate of drug-likeness (QED) is 0.550. The van der Waals surface area contributed by atoms with Gasteiger partial charge < -0.3 is 10.0 Å². The van der Waals surface area contributed by atoms with Crippen molar-refractivity contribution in [3.63, 3.8) is 0 Å². The van der Waals surface area contributed by atoms with Crippen LogP contribution in [0.4, 0.5) is 11.8 Å². The largest absolute Gasteiger partial charge is 0.396 e. The van der Waals surface area contributed by atoms with Gasteiger partial charge >= 0.3 is 0 Å². The summed E-state index contributed by atoms with van der Waals surface area (Å²) in [5.74, 6) is 6.40. The molecule has 1 atom stereocenters. The van der Waals surface area contributed by atoms with Crippen LogP contribution in [0.3, 0.4) is 0 Å². The molecule has 0 amide bonds. The first kappa shape index (κ1) is 13.3. The van der Waals surface area contributed by atoms with Gasteiger partial charge in [0.05, 0.1) is 6.20 Å². The molecule has 1 unspecified atom stereocenters. The van der Waals surface area contributed by atoms with Crippen molar-refractivity contribution in [1.29, 1.82) is 0 Å². The van der Waals surface area contributed by atoms with E-state index in [2.05, 4.69) is 20.3 Å². The molecule has 4 N–H and O–H groups in total. The molecule has 0 aliphatic carbocycles. The molecule has 1 fully saturated rings. The van der Waals surface area contributed by atoms with E-state index in [4.69, 9.17) is 22.6 Å². The minimum Gasteiger partial charge on any atom is -0.396 e. The fraction of sp³-hybridized carbons (Fsp3) is 0.636. The number of nitrogens with one attached hydrogen (secondary N) is 1. The van der Waals surface area contributed by atoms with E-state index in [0.717, 1.165) is 38.0 Å². The Morgan fingerprint density at radius 1 is 1.61 bits per heavy atom. The SMILES string of the molecule is NNc1ncc(Cl)c(N2CCCC2CCCO)n1. The number of anilines is 2. The molecule has 1 aromatic rings. The summed E-state index contributed by atoms with van der Waals surface area (Å²) < 4.78 is 0. The predicted octanol–water partition coefficient (Wildman–Crippen LogP) is 1.16. The van der Waals surface area contributed by atoms with Gasteiger partial charge in [0.25, 0.3) is 0 Å². The predicted molar refractivity (Wildman–Crippen MR) is 71.5 cm³/mol. The third-order valence-corrected chi connectivity index (χ3v) is 3.47. The molecular formula is C11H18ClN5O. The van der Waals surface area contributed by atoms with E-state index in [1.54, 1.807) is 6.20 Å². The molecule has 1 aliphatic heterocycles. The van der Waals surface area contributed by atoms with E-state index < -0.39 is 0 Å². The molecule has 0 saturated carbocycles. The molecule has 18 heavy (non-hydrogen) atoms. The summed E-state index contributed by atoms with van der Waals surface area (Å²) >= 11 is 6.15. The van der Waals surface area contributed by atoms with Gasteiger partial charge in [0, 0.05) is 19.2 Å². The van der Waals surface area contributed by atoms with Crippen molar-refractivity contribution < 1.29 is 5.11 Å². The lowest BCUT2D eigenvalue weighted by molar-refractivity contribution is 0.279. The van der Waals surface area contributed by atoms with E-state index >= 15 is 0 Å². The number of hydrogen-bond acceptors (Lipinski definition) is 6. The number of rotatable bonds is 5. The third kappa shape index (κ3) is 2.82. The Morgan fingerprint density at radius 2 is 2.44 bits per heavy atom.